The van der Waals surface area contributed by atoms with Crippen LogP contribution in [0.4, 0.5) is 4.39 Å². The van der Waals surface area contributed by atoms with Crippen LogP contribution < -0.4 is 0 Å². The van der Waals surface area contributed by atoms with E-state index in [9.17, 15) is 9.18 Å². The molecule has 2 rings (SSSR count). The number of carbonyl (C=O) groups is 1. The standard InChI is InChI=1S/C15H17FO/c16-14-8-4-7-13(9-14)11-15(17)10-12-5-2-1-3-6-12/h4,7-10H,1-3,5-6,11H2. The van der Waals surface area contributed by atoms with Crippen LogP contribution in [0.2, 0.25) is 0 Å². The van der Waals surface area contributed by atoms with Crippen molar-refractivity contribution in [3.05, 3.63) is 47.3 Å². The Morgan fingerprint density at radius 3 is 2.71 bits per heavy atom. The topological polar surface area (TPSA) is 17.1 Å². The monoisotopic (exact) mass is 232 g/mol. The zero-order chi connectivity index (χ0) is 12.1. The lowest BCUT2D eigenvalue weighted by Crippen LogP contribution is -2.03. The Labute approximate surface area is 101 Å². The highest BCUT2D eigenvalue weighted by atomic mass is 19.1. The molecular weight excluding hydrogens is 215 g/mol. The third kappa shape index (κ3) is 3.81. The van der Waals surface area contributed by atoms with Gasteiger partial charge in [-0.25, -0.2) is 4.39 Å². The fourth-order valence-electron chi connectivity index (χ4n) is 2.28. The van der Waals surface area contributed by atoms with Gasteiger partial charge >= 0.3 is 0 Å². The lowest BCUT2D eigenvalue weighted by atomic mass is 9.93. The minimum atomic E-state index is -0.277. The first kappa shape index (κ1) is 12.0. The molecule has 0 atom stereocenters. The average molecular weight is 232 g/mol. The average Bonchev–Trinajstić information content (AvgIpc) is 2.30. The number of hydrogen-bond acceptors (Lipinski definition) is 1. The quantitative estimate of drug-likeness (QED) is 0.724. The van der Waals surface area contributed by atoms with Crippen molar-refractivity contribution in [1.82, 2.24) is 0 Å². The van der Waals surface area contributed by atoms with Crippen LogP contribution >= 0.6 is 0 Å². The predicted octanol–water partition coefficient (Wildman–Crippen LogP) is 3.83. The molecule has 0 amide bonds. The van der Waals surface area contributed by atoms with Crippen LogP contribution in [0.15, 0.2) is 35.9 Å². The van der Waals surface area contributed by atoms with Crippen molar-refractivity contribution in [2.75, 3.05) is 0 Å². The summed E-state index contributed by atoms with van der Waals surface area (Å²) < 4.78 is 12.9. The molecule has 1 aliphatic carbocycles. The van der Waals surface area contributed by atoms with E-state index in [1.807, 2.05) is 0 Å². The van der Waals surface area contributed by atoms with Gasteiger partial charge in [0.1, 0.15) is 5.82 Å². The maximum absolute atomic E-state index is 12.9. The van der Waals surface area contributed by atoms with Crippen LogP contribution in [0.5, 0.6) is 0 Å². The lowest BCUT2D eigenvalue weighted by Gasteiger charge is -2.12. The molecule has 0 saturated heterocycles. The van der Waals surface area contributed by atoms with Crippen LogP contribution in [-0.4, -0.2) is 5.78 Å². The summed E-state index contributed by atoms with van der Waals surface area (Å²) in [4.78, 5) is 11.8. The number of benzene rings is 1. The van der Waals surface area contributed by atoms with Crippen LogP contribution in [0.25, 0.3) is 0 Å². The molecule has 1 nitrogen and oxygen atoms in total. The summed E-state index contributed by atoms with van der Waals surface area (Å²) in [5, 5.41) is 0. The third-order valence-electron chi connectivity index (χ3n) is 3.13. The summed E-state index contributed by atoms with van der Waals surface area (Å²) in [5.41, 5.74) is 2.01. The predicted molar refractivity (Wildman–Crippen MR) is 66.3 cm³/mol. The van der Waals surface area contributed by atoms with E-state index < -0.39 is 0 Å². The molecule has 0 bridgehead atoms. The second-order valence-corrected chi connectivity index (χ2v) is 4.64. The van der Waals surface area contributed by atoms with Crippen molar-refractivity contribution >= 4 is 5.78 Å². The van der Waals surface area contributed by atoms with Crippen molar-refractivity contribution < 1.29 is 9.18 Å². The van der Waals surface area contributed by atoms with E-state index in [1.54, 1.807) is 18.2 Å². The van der Waals surface area contributed by atoms with Gasteiger partial charge < -0.3 is 0 Å². The van der Waals surface area contributed by atoms with E-state index >= 15 is 0 Å². The van der Waals surface area contributed by atoms with Gasteiger partial charge in [0.25, 0.3) is 0 Å². The molecule has 1 aromatic rings. The summed E-state index contributed by atoms with van der Waals surface area (Å²) in [5.74, 6) is -0.187. The summed E-state index contributed by atoms with van der Waals surface area (Å²) >= 11 is 0. The first-order valence-corrected chi connectivity index (χ1v) is 6.21. The van der Waals surface area contributed by atoms with Gasteiger partial charge in [-0.15, -0.1) is 0 Å². The maximum atomic E-state index is 12.9. The number of carbonyl (C=O) groups excluding carboxylic acids is 1. The summed E-state index contributed by atoms with van der Waals surface area (Å²) in [6, 6.07) is 6.26. The number of ketones is 1. The third-order valence-corrected chi connectivity index (χ3v) is 3.13. The second-order valence-electron chi connectivity index (χ2n) is 4.64. The van der Waals surface area contributed by atoms with E-state index in [0.717, 1.165) is 18.4 Å². The van der Waals surface area contributed by atoms with Crippen LogP contribution in [-0.2, 0) is 11.2 Å². The Balaban J connectivity index is 1.97. The van der Waals surface area contributed by atoms with E-state index in [1.165, 1.54) is 37.0 Å². The van der Waals surface area contributed by atoms with E-state index in [0.29, 0.717) is 6.42 Å². The Kier molecular flexibility index (Phi) is 4.08. The minimum absolute atomic E-state index is 0.0903. The second kappa shape index (κ2) is 5.76. The first-order chi connectivity index (χ1) is 8.24. The van der Waals surface area contributed by atoms with E-state index in [4.69, 9.17) is 0 Å². The number of rotatable bonds is 3. The fourth-order valence-corrected chi connectivity index (χ4v) is 2.28. The summed E-state index contributed by atoms with van der Waals surface area (Å²) in [6.07, 6.45) is 7.84. The highest BCUT2D eigenvalue weighted by molar-refractivity contribution is 5.92. The Bertz CT molecular complexity index is 426. The molecule has 1 saturated carbocycles. The van der Waals surface area contributed by atoms with Gasteiger partial charge in [0, 0.05) is 6.42 Å². The van der Waals surface area contributed by atoms with Crippen molar-refractivity contribution in [2.45, 2.75) is 38.5 Å². The van der Waals surface area contributed by atoms with E-state index in [2.05, 4.69) is 0 Å². The molecule has 0 aromatic heterocycles. The van der Waals surface area contributed by atoms with Crippen molar-refractivity contribution in [2.24, 2.45) is 0 Å². The molecule has 2 heteroatoms. The molecule has 0 heterocycles. The Hall–Kier alpha value is -1.44. The molecule has 0 aliphatic heterocycles. The SMILES string of the molecule is O=C(C=C1CCCCC1)Cc1cccc(F)c1. The van der Waals surface area contributed by atoms with Gasteiger partial charge in [-0.3, -0.25) is 4.79 Å². The molecular formula is C15H17FO. The summed E-state index contributed by atoms with van der Waals surface area (Å²) in [6.45, 7) is 0. The van der Waals surface area contributed by atoms with Crippen LogP contribution in [0.1, 0.15) is 37.7 Å². The number of allylic oxidation sites excluding steroid dienone is 2. The number of hydrogen-bond donors (Lipinski definition) is 0. The zero-order valence-corrected chi connectivity index (χ0v) is 9.92. The van der Waals surface area contributed by atoms with Crippen molar-refractivity contribution in [3.63, 3.8) is 0 Å². The molecule has 0 N–H and O–H groups in total. The van der Waals surface area contributed by atoms with Gasteiger partial charge in [-0.05, 0) is 49.5 Å². The molecule has 0 spiro atoms. The number of halogens is 1. The largest absolute Gasteiger partial charge is 0.294 e. The molecule has 90 valence electrons. The fraction of sp³-hybridized carbons (Fsp3) is 0.400. The normalized spacial score (nSPS) is 15.7. The molecule has 1 fully saturated rings. The van der Waals surface area contributed by atoms with Gasteiger partial charge in [0.05, 0.1) is 0 Å². The molecule has 0 radical (unpaired) electrons. The minimum Gasteiger partial charge on any atom is -0.294 e. The lowest BCUT2D eigenvalue weighted by molar-refractivity contribution is -0.114. The summed E-state index contributed by atoms with van der Waals surface area (Å²) in [7, 11) is 0. The first-order valence-electron chi connectivity index (χ1n) is 6.21. The van der Waals surface area contributed by atoms with Gasteiger partial charge in [-0.1, -0.05) is 24.1 Å². The smallest absolute Gasteiger partial charge is 0.160 e. The van der Waals surface area contributed by atoms with Crippen molar-refractivity contribution in [1.29, 1.82) is 0 Å². The van der Waals surface area contributed by atoms with Gasteiger partial charge in [0.15, 0.2) is 5.78 Å². The highest BCUT2D eigenvalue weighted by Crippen LogP contribution is 2.22. The van der Waals surface area contributed by atoms with Gasteiger partial charge in [-0.2, -0.15) is 0 Å². The maximum Gasteiger partial charge on any atom is 0.160 e. The molecule has 0 unspecified atom stereocenters. The van der Waals surface area contributed by atoms with E-state index in [-0.39, 0.29) is 11.6 Å². The molecule has 17 heavy (non-hydrogen) atoms. The molecule has 1 aromatic carbocycles. The highest BCUT2D eigenvalue weighted by Gasteiger charge is 2.08. The zero-order valence-electron chi connectivity index (χ0n) is 9.92. The van der Waals surface area contributed by atoms with Crippen molar-refractivity contribution in [3.8, 4) is 0 Å². The van der Waals surface area contributed by atoms with Gasteiger partial charge in [0.2, 0.25) is 0 Å². The van der Waals surface area contributed by atoms with Crippen LogP contribution in [0, 0.1) is 5.82 Å². The Morgan fingerprint density at radius 1 is 1.24 bits per heavy atom. The van der Waals surface area contributed by atoms with Crippen LogP contribution in [0.3, 0.4) is 0 Å². The molecule has 1 aliphatic rings. The Morgan fingerprint density at radius 2 is 2.00 bits per heavy atom.